The zero-order chi connectivity index (χ0) is 27.2. The Hall–Kier alpha value is -3.66. The number of amides is 1. The van der Waals surface area contributed by atoms with Crippen LogP contribution in [0.15, 0.2) is 78.0 Å². The van der Waals surface area contributed by atoms with Crippen LogP contribution in [-0.4, -0.2) is 25.6 Å². The number of hydrogen-bond donors (Lipinski definition) is 1. The van der Waals surface area contributed by atoms with E-state index < -0.39 is 11.0 Å². The third-order valence-electron chi connectivity index (χ3n) is 5.70. The molecule has 1 atom stereocenters. The Morgan fingerprint density at radius 3 is 2.55 bits per heavy atom. The number of thioether (sulfide) groups is 1. The van der Waals surface area contributed by atoms with Crippen LogP contribution in [-0.2, 0) is 10.5 Å². The van der Waals surface area contributed by atoms with Crippen LogP contribution in [0.3, 0.4) is 0 Å². The van der Waals surface area contributed by atoms with Crippen molar-refractivity contribution in [2.75, 3.05) is 0 Å². The van der Waals surface area contributed by atoms with Crippen molar-refractivity contribution >= 4 is 52.6 Å². The Kier molecular flexibility index (Phi) is 8.83. The quantitative estimate of drug-likeness (QED) is 0.101. The van der Waals surface area contributed by atoms with Gasteiger partial charge in [-0.2, -0.15) is 0 Å². The van der Waals surface area contributed by atoms with Gasteiger partial charge in [0.15, 0.2) is 11.0 Å². The maximum Gasteiger partial charge on any atom is 0.269 e. The van der Waals surface area contributed by atoms with E-state index >= 15 is 0 Å². The number of nitro groups is 1. The van der Waals surface area contributed by atoms with E-state index in [4.69, 9.17) is 23.2 Å². The van der Waals surface area contributed by atoms with E-state index in [2.05, 4.69) is 34.6 Å². The van der Waals surface area contributed by atoms with E-state index in [9.17, 15) is 14.9 Å². The van der Waals surface area contributed by atoms with Gasteiger partial charge >= 0.3 is 0 Å². The van der Waals surface area contributed by atoms with Gasteiger partial charge in [0.25, 0.3) is 5.69 Å². The molecule has 0 saturated heterocycles. The van der Waals surface area contributed by atoms with Gasteiger partial charge in [-0.25, -0.2) is 0 Å². The monoisotopic (exact) mass is 567 g/mol. The standard InChI is InChI=1S/C27H23Cl2N5O3S/c1-17-5-3-4-6-20(17)16-38-27-32-31-26(33(27)24-13-10-21(28)15-23(24)29)18(2)30-25(35)14-9-19-7-11-22(12-8-19)34(36)37/h3-15,18H,16H2,1-2H3,(H,30,35). The van der Waals surface area contributed by atoms with E-state index in [1.165, 1.54) is 41.1 Å². The van der Waals surface area contributed by atoms with Crippen LogP contribution in [0.5, 0.6) is 0 Å². The van der Waals surface area contributed by atoms with Crippen LogP contribution >= 0.6 is 35.0 Å². The van der Waals surface area contributed by atoms with Gasteiger partial charge in [-0.15, -0.1) is 10.2 Å². The Balaban J connectivity index is 1.57. The van der Waals surface area contributed by atoms with Gasteiger partial charge in [-0.3, -0.25) is 19.5 Å². The number of aryl methyl sites for hydroxylation is 1. The SMILES string of the molecule is Cc1ccccc1CSc1nnc(C(C)NC(=O)C=Cc2ccc([N+](=O)[O-])cc2)n1-c1ccc(Cl)cc1Cl. The summed E-state index contributed by atoms with van der Waals surface area (Å²) in [5, 5.41) is 24.1. The normalized spacial score (nSPS) is 12.0. The number of carbonyl (C=O) groups excluding carboxylic acids is 1. The first kappa shape index (κ1) is 27.4. The summed E-state index contributed by atoms with van der Waals surface area (Å²) >= 11 is 14.2. The van der Waals surface area contributed by atoms with Crippen LogP contribution in [0.1, 0.15) is 35.5 Å². The Labute approximate surface area is 233 Å². The summed E-state index contributed by atoms with van der Waals surface area (Å²) in [6.07, 6.45) is 2.94. The highest BCUT2D eigenvalue weighted by atomic mass is 35.5. The van der Waals surface area contributed by atoms with Crippen molar-refractivity contribution < 1.29 is 9.72 Å². The molecular formula is C27H23Cl2N5O3S. The number of aromatic nitrogens is 3. The Morgan fingerprint density at radius 2 is 1.87 bits per heavy atom. The molecule has 0 bridgehead atoms. The first-order valence-electron chi connectivity index (χ1n) is 11.5. The fraction of sp³-hybridized carbons (Fsp3) is 0.148. The minimum Gasteiger partial charge on any atom is -0.343 e. The number of rotatable bonds is 9. The minimum absolute atomic E-state index is 0.0171. The number of nitrogens with zero attached hydrogens (tertiary/aromatic N) is 4. The molecule has 1 N–H and O–H groups in total. The predicted octanol–water partition coefficient (Wildman–Crippen LogP) is 6.97. The molecule has 38 heavy (non-hydrogen) atoms. The molecule has 0 radical (unpaired) electrons. The third-order valence-corrected chi connectivity index (χ3v) is 7.22. The molecule has 8 nitrogen and oxygen atoms in total. The zero-order valence-corrected chi connectivity index (χ0v) is 22.8. The lowest BCUT2D eigenvalue weighted by atomic mass is 10.1. The van der Waals surface area contributed by atoms with E-state index in [0.717, 1.165) is 0 Å². The lowest BCUT2D eigenvalue weighted by Crippen LogP contribution is -2.27. The Morgan fingerprint density at radius 1 is 1.13 bits per heavy atom. The summed E-state index contributed by atoms with van der Waals surface area (Å²) in [5.74, 6) is 0.815. The highest BCUT2D eigenvalue weighted by Crippen LogP contribution is 2.32. The highest BCUT2D eigenvalue weighted by Gasteiger charge is 2.22. The van der Waals surface area contributed by atoms with Crippen molar-refractivity contribution in [3.05, 3.63) is 115 Å². The molecule has 4 aromatic rings. The lowest BCUT2D eigenvalue weighted by Gasteiger charge is -2.17. The molecule has 1 amide bonds. The van der Waals surface area contributed by atoms with Crippen molar-refractivity contribution in [3.8, 4) is 5.69 Å². The molecule has 1 aromatic heterocycles. The summed E-state index contributed by atoms with van der Waals surface area (Å²) in [4.78, 5) is 23.0. The van der Waals surface area contributed by atoms with Crippen molar-refractivity contribution in [1.29, 1.82) is 0 Å². The van der Waals surface area contributed by atoms with Crippen LogP contribution in [0, 0.1) is 17.0 Å². The van der Waals surface area contributed by atoms with Gasteiger partial charge < -0.3 is 5.32 Å². The molecule has 3 aromatic carbocycles. The summed E-state index contributed by atoms with van der Waals surface area (Å²) in [7, 11) is 0. The van der Waals surface area contributed by atoms with Crippen molar-refractivity contribution in [3.63, 3.8) is 0 Å². The predicted molar refractivity (Wildman–Crippen MR) is 151 cm³/mol. The second-order valence-electron chi connectivity index (χ2n) is 8.40. The molecule has 1 heterocycles. The minimum atomic E-state index is -0.518. The largest absolute Gasteiger partial charge is 0.343 e. The van der Waals surface area contributed by atoms with Crippen LogP contribution in [0.2, 0.25) is 10.0 Å². The van der Waals surface area contributed by atoms with Crippen molar-refractivity contribution in [1.82, 2.24) is 20.1 Å². The summed E-state index contributed by atoms with van der Waals surface area (Å²) in [5.41, 5.74) is 3.64. The van der Waals surface area contributed by atoms with Crippen molar-refractivity contribution in [2.45, 2.75) is 30.8 Å². The molecular weight excluding hydrogens is 545 g/mol. The second-order valence-corrected chi connectivity index (χ2v) is 10.2. The number of halogens is 2. The van der Waals surface area contributed by atoms with Gasteiger partial charge in [0.1, 0.15) is 0 Å². The van der Waals surface area contributed by atoms with Gasteiger partial charge in [0.2, 0.25) is 5.91 Å². The second kappa shape index (κ2) is 12.3. The summed E-state index contributed by atoms with van der Waals surface area (Å²) in [6, 6.07) is 18.7. The highest BCUT2D eigenvalue weighted by molar-refractivity contribution is 7.98. The molecule has 1 unspecified atom stereocenters. The number of benzene rings is 3. The summed E-state index contributed by atoms with van der Waals surface area (Å²) in [6.45, 7) is 3.86. The maximum atomic E-state index is 12.7. The molecule has 0 aliphatic carbocycles. The molecule has 11 heteroatoms. The molecule has 4 rings (SSSR count). The number of carbonyl (C=O) groups is 1. The lowest BCUT2D eigenvalue weighted by molar-refractivity contribution is -0.384. The summed E-state index contributed by atoms with van der Waals surface area (Å²) < 4.78 is 1.83. The topological polar surface area (TPSA) is 103 Å². The molecule has 0 saturated carbocycles. The average Bonchev–Trinajstić information content (AvgIpc) is 3.31. The number of nitrogens with one attached hydrogen (secondary N) is 1. The van der Waals surface area contributed by atoms with E-state index in [1.54, 1.807) is 43.3 Å². The fourth-order valence-electron chi connectivity index (χ4n) is 3.66. The molecule has 0 aliphatic rings. The van der Waals surface area contributed by atoms with Crippen LogP contribution in [0.4, 0.5) is 5.69 Å². The van der Waals surface area contributed by atoms with Crippen LogP contribution < -0.4 is 5.32 Å². The third kappa shape index (κ3) is 6.61. The Bertz CT molecular complexity index is 1510. The number of hydrogen-bond acceptors (Lipinski definition) is 6. The first-order chi connectivity index (χ1) is 18.2. The van der Waals surface area contributed by atoms with Gasteiger partial charge in [0, 0.05) is 29.0 Å². The fourth-order valence-corrected chi connectivity index (χ4v) is 5.18. The van der Waals surface area contributed by atoms with Gasteiger partial charge in [-0.1, -0.05) is 59.2 Å². The molecule has 0 fully saturated rings. The van der Waals surface area contributed by atoms with E-state index in [-0.39, 0.29) is 11.6 Å². The van der Waals surface area contributed by atoms with E-state index in [1.807, 2.05) is 16.7 Å². The van der Waals surface area contributed by atoms with Crippen LogP contribution in [0.25, 0.3) is 11.8 Å². The smallest absolute Gasteiger partial charge is 0.269 e. The number of non-ortho nitro benzene ring substituents is 1. The zero-order valence-electron chi connectivity index (χ0n) is 20.5. The first-order valence-corrected chi connectivity index (χ1v) is 13.3. The maximum absolute atomic E-state index is 12.7. The molecule has 0 spiro atoms. The van der Waals surface area contributed by atoms with Gasteiger partial charge in [0.05, 0.1) is 21.7 Å². The van der Waals surface area contributed by atoms with E-state index in [0.29, 0.717) is 38.0 Å². The molecule has 194 valence electrons. The van der Waals surface area contributed by atoms with Gasteiger partial charge in [-0.05, 0) is 66.9 Å². The average molecular weight is 568 g/mol. The van der Waals surface area contributed by atoms with Crippen molar-refractivity contribution in [2.24, 2.45) is 0 Å². The molecule has 0 aliphatic heterocycles. The number of nitro benzene ring substituents is 1.